The molecule has 2 atom stereocenters. The molecule has 7 nitrogen and oxygen atoms in total. The molecule has 2 aliphatic rings. The Morgan fingerprint density at radius 1 is 1.13 bits per heavy atom. The van der Waals surface area contributed by atoms with Gasteiger partial charge in [-0.2, -0.15) is 0 Å². The average Bonchev–Trinajstić information content (AvgIpc) is 3.42. The summed E-state index contributed by atoms with van der Waals surface area (Å²) in [5, 5.41) is 6.16. The molecule has 2 N–H and O–H groups in total. The lowest BCUT2D eigenvalue weighted by Crippen LogP contribution is -2.33. The molecule has 31 heavy (non-hydrogen) atoms. The van der Waals surface area contributed by atoms with Gasteiger partial charge in [0.05, 0.1) is 34.0 Å². The van der Waals surface area contributed by atoms with Gasteiger partial charge in [-0.15, -0.1) is 0 Å². The third-order valence-corrected chi connectivity index (χ3v) is 5.90. The van der Waals surface area contributed by atoms with E-state index in [2.05, 4.69) is 10.6 Å². The van der Waals surface area contributed by atoms with Crippen LogP contribution in [0.5, 0.6) is 0 Å². The van der Waals surface area contributed by atoms with Gasteiger partial charge in [-0.1, -0.05) is 35.9 Å². The maximum Gasteiger partial charge on any atom is 0.253 e. The Kier molecular flexibility index (Phi) is 6.53. The van der Waals surface area contributed by atoms with Gasteiger partial charge < -0.3 is 20.3 Å². The maximum atomic E-state index is 12.9. The summed E-state index contributed by atoms with van der Waals surface area (Å²) in [6.07, 6.45) is 2.05. The summed E-state index contributed by atoms with van der Waals surface area (Å²) in [4.78, 5) is 39.6. The summed E-state index contributed by atoms with van der Waals surface area (Å²) in [6.45, 7) is 1.39. The van der Waals surface area contributed by atoms with E-state index in [4.69, 9.17) is 16.3 Å². The fraction of sp³-hybridized carbons (Fsp3) is 0.348. The minimum Gasteiger partial charge on any atom is -0.376 e. The van der Waals surface area contributed by atoms with Crippen molar-refractivity contribution in [1.29, 1.82) is 0 Å². The van der Waals surface area contributed by atoms with Crippen LogP contribution in [0.4, 0.5) is 11.4 Å². The Labute approximate surface area is 185 Å². The molecule has 8 heteroatoms. The van der Waals surface area contributed by atoms with Gasteiger partial charge >= 0.3 is 0 Å². The number of nitrogens with zero attached hydrogens (tertiary/aromatic N) is 1. The quantitative estimate of drug-likeness (QED) is 0.720. The number of benzene rings is 2. The van der Waals surface area contributed by atoms with E-state index in [9.17, 15) is 14.4 Å². The first-order chi connectivity index (χ1) is 15.0. The Bertz CT molecular complexity index is 990. The number of carbonyl (C=O) groups is 3. The van der Waals surface area contributed by atoms with Crippen molar-refractivity contribution in [3.63, 3.8) is 0 Å². The van der Waals surface area contributed by atoms with Crippen LogP contribution in [0, 0.1) is 5.92 Å². The first-order valence-electron chi connectivity index (χ1n) is 10.4. The Hall–Kier alpha value is -2.90. The summed E-state index contributed by atoms with van der Waals surface area (Å²) in [6, 6.07) is 13.9. The van der Waals surface area contributed by atoms with Crippen molar-refractivity contribution >= 4 is 40.7 Å². The van der Waals surface area contributed by atoms with Gasteiger partial charge in [-0.3, -0.25) is 14.4 Å². The van der Waals surface area contributed by atoms with Crippen LogP contribution < -0.4 is 15.5 Å². The largest absolute Gasteiger partial charge is 0.376 e. The van der Waals surface area contributed by atoms with Crippen molar-refractivity contribution < 1.29 is 19.1 Å². The van der Waals surface area contributed by atoms with Crippen molar-refractivity contribution in [1.82, 2.24) is 5.32 Å². The molecule has 0 aliphatic carbocycles. The summed E-state index contributed by atoms with van der Waals surface area (Å²) < 4.78 is 5.54. The molecule has 4 rings (SSSR count). The topological polar surface area (TPSA) is 87.7 Å². The molecule has 2 fully saturated rings. The van der Waals surface area contributed by atoms with E-state index in [-0.39, 0.29) is 36.8 Å². The van der Waals surface area contributed by atoms with Gasteiger partial charge in [-0.25, -0.2) is 0 Å². The van der Waals surface area contributed by atoms with Gasteiger partial charge in [-0.05, 0) is 37.1 Å². The minimum atomic E-state index is -0.535. The molecule has 2 saturated heterocycles. The van der Waals surface area contributed by atoms with Gasteiger partial charge in [0.1, 0.15) is 0 Å². The molecule has 3 amide bonds. The molecule has 0 spiro atoms. The molecule has 2 aromatic carbocycles. The number of amides is 3. The summed E-state index contributed by atoms with van der Waals surface area (Å²) in [5.41, 5.74) is 1.39. The van der Waals surface area contributed by atoms with Gasteiger partial charge in [0.25, 0.3) is 5.91 Å². The Balaban J connectivity index is 1.41. The number of rotatable bonds is 6. The van der Waals surface area contributed by atoms with Crippen LogP contribution >= 0.6 is 11.6 Å². The number of ether oxygens (including phenoxy) is 1. The van der Waals surface area contributed by atoms with Crippen molar-refractivity contribution in [3.05, 3.63) is 59.1 Å². The molecule has 2 heterocycles. The van der Waals surface area contributed by atoms with E-state index in [1.165, 1.54) is 4.90 Å². The standard InChI is InChI=1S/C23H24ClN3O4/c24-18-8-2-4-10-20(18)27-14-15(12-21(27)28)22(29)26-19-9-3-1-7-17(19)23(30)25-13-16-6-5-11-31-16/h1-4,7-10,15-16H,5-6,11-14H2,(H,25,30)(H,26,29). The highest BCUT2D eigenvalue weighted by molar-refractivity contribution is 6.34. The lowest BCUT2D eigenvalue weighted by atomic mass is 10.1. The number of nitrogens with one attached hydrogen (secondary N) is 2. The first kappa shape index (κ1) is 21.3. The van der Waals surface area contributed by atoms with E-state index < -0.39 is 5.92 Å². The highest BCUT2D eigenvalue weighted by Crippen LogP contribution is 2.31. The maximum absolute atomic E-state index is 12.9. The first-order valence-corrected chi connectivity index (χ1v) is 10.8. The summed E-state index contributed by atoms with van der Waals surface area (Å²) >= 11 is 6.21. The lowest BCUT2D eigenvalue weighted by Gasteiger charge is -2.18. The average molecular weight is 442 g/mol. The van der Waals surface area contributed by atoms with Crippen LogP contribution in [0.25, 0.3) is 0 Å². The zero-order valence-electron chi connectivity index (χ0n) is 17.0. The van der Waals surface area contributed by atoms with E-state index in [0.717, 1.165) is 19.4 Å². The van der Waals surface area contributed by atoms with Gasteiger partial charge in [0, 0.05) is 26.1 Å². The molecule has 2 aliphatic heterocycles. The predicted molar refractivity (Wildman–Crippen MR) is 118 cm³/mol. The highest BCUT2D eigenvalue weighted by atomic mass is 35.5. The summed E-state index contributed by atoms with van der Waals surface area (Å²) in [5.74, 6) is -1.27. The molecule has 0 saturated carbocycles. The SMILES string of the molecule is O=C(NCC1CCCO1)c1ccccc1NC(=O)C1CC(=O)N(c2ccccc2Cl)C1. The number of hydrogen-bond acceptors (Lipinski definition) is 4. The number of carbonyl (C=O) groups excluding carboxylic acids is 3. The van der Waals surface area contributed by atoms with Crippen LogP contribution in [-0.4, -0.2) is 43.5 Å². The third-order valence-electron chi connectivity index (χ3n) is 5.58. The number of anilines is 2. The minimum absolute atomic E-state index is 0.0333. The van der Waals surface area contributed by atoms with Gasteiger partial charge in [0.2, 0.25) is 11.8 Å². The zero-order chi connectivity index (χ0) is 21.8. The predicted octanol–water partition coefficient (Wildman–Crippen LogP) is 3.24. The smallest absolute Gasteiger partial charge is 0.253 e. The van der Waals surface area contributed by atoms with Crippen molar-refractivity contribution in [2.45, 2.75) is 25.4 Å². The monoisotopic (exact) mass is 441 g/mol. The Morgan fingerprint density at radius 3 is 2.68 bits per heavy atom. The number of halogens is 1. The van der Waals surface area contributed by atoms with Crippen LogP contribution in [0.2, 0.25) is 5.02 Å². The van der Waals surface area contributed by atoms with E-state index in [1.54, 1.807) is 48.5 Å². The molecule has 0 aromatic heterocycles. The molecule has 2 unspecified atom stereocenters. The highest BCUT2D eigenvalue weighted by Gasteiger charge is 2.36. The molecular weight excluding hydrogens is 418 g/mol. The van der Waals surface area contributed by atoms with E-state index >= 15 is 0 Å². The third kappa shape index (κ3) is 4.89. The van der Waals surface area contributed by atoms with Crippen LogP contribution in [0.1, 0.15) is 29.6 Å². The Morgan fingerprint density at radius 2 is 1.90 bits per heavy atom. The van der Waals surface area contributed by atoms with Crippen molar-refractivity contribution in [2.24, 2.45) is 5.92 Å². The fourth-order valence-electron chi connectivity index (χ4n) is 3.92. The zero-order valence-corrected chi connectivity index (χ0v) is 17.7. The molecule has 2 aromatic rings. The van der Waals surface area contributed by atoms with Crippen LogP contribution in [-0.2, 0) is 14.3 Å². The second-order valence-electron chi connectivity index (χ2n) is 7.74. The molecule has 0 bridgehead atoms. The van der Waals surface area contributed by atoms with E-state index in [0.29, 0.717) is 28.5 Å². The summed E-state index contributed by atoms with van der Waals surface area (Å²) in [7, 11) is 0. The van der Waals surface area contributed by atoms with Gasteiger partial charge in [0.15, 0.2) is 0 Å². The van der Waals surface area contributed by atoms with Crippen LogP contribution in [0.15, 0.2) is 48.5 Å². The van der Waals surface area contributed by atoms with Crippen molar-refractivity contribution in [3.8, 4) is 0 Å². The number of para-hydroxylation sites is 2. The molecule has 162 valence electrons. The lowest BCUT2D eigenvalue weighted by molar-refractivity contribution is -0.122. The fourth-order valence-corrected chi connectivity index (χ4v) is 4.16. The second-order valence-corrected chi connectivity index (χ2v) is 8.14. The number of hydrogen-bond donors (Lipinski definition) is 2. The normalized spacial score (nSPS) is 20.7. The van der Waals surface area contributed by atoms with Crippen molar-refractivity contribution in [2.75, 3.05) is 29.9 Å². The van der Waals surface area contributed by atoms with E-state index in [1.807, 2.05) is 0 Å². The van der Waals surface area contributed by atoms with Crippen LogP contribution in [0.3, 0.4) is 0 Å². The second kappa shape index (κ2) is 9.49. The molecule has 0 radical (unpaired) electrons. The molecular formula is C23H24ClN3O4.